The van der Waals surface area contributed by atoms with Gasteiger partial charge in [-0.3, -0.25) is 14.6 Å². The number of nitrogens with one attached hydrogen (secondary N) is 2. The predicted molar refractivity (Wildman–Crippen MR) is 119 cm³/mol. The summed E-state index contributed by atoms with van der Waals surface area (Å²) in [5.41, 5.74) is 1.97. The summed E-state index contributed by atoms with van der Waals surface area (Å²) in [5, 5.41) is 8.41. The number of thiazole rings is 1. The number of carbonyl (C=O) groups excluding carboxylic acids is 2. The van der Waals surface area contributed by atoms with Crippen molar-refractivity contribution < 1.29 is 14.3 Å². The molecule has 2 N–H and O–H groups in total. The summed E-state index contributed by atoms with van der Waals surface area (Å²) in [6, 6.07) is 12.5. The molecule has 2 aromatic heterocycles. The van der Waals surface area contributed by atoms with Crippen molar-refractivity contribution in [2.45, 2.75) is 25.4 Å². The Kier molecular flexibility index (Phi) is 6.42. The fourth-order valence-electron chi connectivity index (χ4n) is 3.45. The monoisotopic (exact) mass is 437 g/mol. The van der Waals surface area contributed by atoms with Crippen LogP contribution in [0.1, 0.15) is 29.0 Å². The SMILES string of the molecule is COc1ccc(Nc2nc(C(=O)N3CCCC3C(=O)NCc3ccccn3)cs2)cc1. The van der Waals surface area contributed by atoms with E-state index in [9.17, 15) is 9.59 Å². The van der Waals surface area contributed by atoms with Crippen LogP contribution in [0, 0.1) is 0 Å². The van der Waals surface area contributed by atoms with Gasteiger partial charge in [0.2, 0.25) is 5.91 Å². The van der Waals surface area contributed by atoms with E-state index in [2.05, 4.69) is 20.6 Å². The molecule has 0 radical (unpaired) electrons. The molecule has 2 amide bonds. The normalized spacial score (nSPS) is 15.5. The fraction of sp³-hybridized carbons (Fsp3) is 0.273. The van der Waals surface area contributed by atoms with Gasteiger partial charge < -0.3 is 20.3 Å². The van der Waals surface area contributed by atoms with E-state index >= 15 is 0 Å². The molecular formula is C22H23N5O3S. The third kappa shape index (κ3) is 5.00. The zero-order valence-electron chi connectivity index (χ0n) is 17.1. The lowest BCUT2D eigenvalue weighted by Crippen LogP contribution is -2.45. The lowest BCUT2D eigenvalue weighted by atomic mass is 10.2. The van der Waals surface area contributed by atoms with Gasteiger partial charge in [0.05, 0.1) is 19.3 Å². The minimum absolute atomic E-state index is 0.164. The van der Waals surface area contributed by atoms with Gasteiger partial charge in [0.15, 0.2) is 5.13 Å². The molecule has 0 saturated carbocycles. The largest absolute Gasteiger partial charge is 0.497 e. The Balaban J connectivity index is 1.38. The number of anilines is 2. The molecule has 1 aromatic carbocycles. The molecule has 9 heteroatoms. The molecule has 8 nitrogen and oxygen atoms in total. The van der Waals surface area contributed by atoms with Crippen LogP contribution >= 0.6 is 11.3 Å². The van der Waals surface area contributed by atoms with Crippen LogP contribution in [0.2, 0.25) is 0 Å². The molecule has 4 rings (SSSR count). The highest BCUT2D eigenvalue weighted by atomic mass is 32.1. The molecule has 1 saturated heterocycles. The maximum absolute atomic E-state index is 13.0. The molecule has 0 bridgehead atoms. The third-order valence-electron chi connectivity index (χ3n) is 5.05. The minimum Gasteiger partial charge on any atom is -0.497 e. The van der Waals surface area contributed by atoms with Gasteiger partial charge in [0.1, 0.15) is 17.5 Å². The molecule has 0 aliphatic carbocycles. The van der Waals surface area contributed by atoms with Crippen LogP contribution in [0.3, 0.4) is 0 Å². The number of rotatable bonds is 7. The van der Waals surface area contributed by atoms with Gasteiger partial charge in [-0.25, -0.2) is 4.98 Å². The highest BCUT2D eigenvalue weighted by molar-refractivity contribution is 7.14. The summed E-state index contributed by atoms with van der Waals surface area (Å²) in [6.07, 6.45) is 3.11. The first kappa shape index (κ1) is 20.8. The first-order chi connectivity index (χ1) is 15.1. The number of pyridine rings is 1. The van der Waals surface area contributed by atoms with E-state index in [0.717, 1.165) is 23.6 Å². The Morgan fingerprint density at radius 3 is 2.81 bits per heavy atom. The van der Waals surface area contributed by atoms with Crippen LogP contribution in [0.5, 0.6) is 5.75 Å². The van der Waals surface area contributed by atoms with Crippen LogP contribution in [-0.4, -0.2) is 46.4 Å². The number of benzene rings is 1. The van der Waals surface area contributed by atoms with Crippen molar-refractivity contribution in [1.82, 2.24) is 20.2 Å². The Morgan fingerprint density at radius 2 is 2.06 bits per heavy atom. The van der Waals surface area contributed by atoms with Crippen LogP contribution in [-0.2, 0) is 11.3 Å². The van der Waals surface area contributed by atoms with Crippen molar-refractivity contribution in [3.05, 3.63) is 65.4 Å². The van der Waals surface area contributed by atoms with Gasteiger partial charge >= 0.3 is 0 Å². The van der Waals surface area contributed by atoms with Crippen molar-refractivity contribution in [3.63, 3.8) is 0 Å². The van der Waals surface area contributed by atoms with E-state index in [4.69, 9.17) is 4.74 Å². The second-order valence-electron chi connectivity index (χ2n) is 7.09. The number of carbonyl (C=O) groups is 2. The first-order valence-electron chi connectivity index (χ1n) is 9.99. The van der Waals surface area contributed by atoms with Crippen LogP contribution in [0.15, 0.2) is 54.0 Å². The number of amides is 2. The van der Waals surface area contributed by atoms with E-state index in [1.165, 1.54) is 11.3 Å². The lowest BCUT2D eigenvalue weighted by Gasteiger charge is -2.23. The molecule has 160 valence electrons. The fourth-order valence-corrected chi connectivity index (χ4v) is 4.16. The lowest BCUT2D eigenvalue weighted by molar-refractivity contribution is -0.125. The number of ether oxygens (including phenoxy) is 1. The molecule has 0 spiro atoms. The Hall–Kier alpha value is -3.46. The number of hydrogen-bond donors (Lipinski definition) is 2. The van der Waals surface area contributed by atoms with Crippen molar-refractivity contribution >= 4 is 34.0 Å². The molecule has 31 heavy (non-hydrogen) atoms. The standard InChI is InChI=1S/C22H23N5O3S/c1-30-17-9-7-15(8-10-17)25-22-26-18(14-31-22)21(29)27-12-4-6-19(27)20(28)24-13-16-5-2-3-11-23-16/h2-3,5,7-11,14,19H,4,6,12-13H2,1H3,(H,24,28)(H,25,26). The quantitative estimate of drug-likeness (QED) is 0.589. The minimum atomic E-state index is -0.490. The van der Waals surface area contributed by atoms with Gasteiger partial charge in [-0.05, 0) is 49.2 Å². The molecule has 1 atom stereocenters. The maximum atomic E-state index is 13.0. The average Bonchev–Trinajstić information content (AvgIpc) is 3.48. The molecule has 1 aliphatic rings. The number of aromatic nitrogens is 2. The van der Waals surface area contributed by atoms with Crippen molar-refractivity contribution in [2.75, 3.05) is 19.0 Å². The molecular weight excluding hydrogens is 414 g/mol. The van der Waals surface area contributed by atoms with Gasteiger partial charge in [0, 0.05) is 23.8 Å². The van der Waals surface area contributed by atoms with Crippen LogP contribution < -0.4 is 15.4 Å². The second kappa shape index (κ2) is 9.57. The predicted octanol–water partition coefficient (Wildman–Crippen LogP) is 3.21. The van der Waals surface area contributed by atoms with E-state index in [-0.39, 0.29) is 11.8 Å². The topological polar surface area (TPSA) is 96.5 Å². The summed E-state index contributed by atoms with van der Waals surface area (Å²) in [4.78, 5) is 36.0. The van der Waals surface area contributed by atoms with Crippen molar-refractivity contribution in [2.24, 2.45) is 0 Å². The number of hydrogen-bond acceptors (Lipinski definition) is 7. The van der Waals surface area contributed by atoms with Crippen molar-refractivity contribution in [3.8, 4) is 5.75 Å². The number of likely N-dealkylation sites (tertiary alicyclic amines) is 1. The molecule has 1 unspecified atom stereocenters. The third-order valence-corrected chi connectivity index (χ3v) is 5.81. The van der Waals surface area contributed by atoms with Gasteiger partial charge in [0.25, 0.3) is 5.91 Å². The smallest absolute Gasteiger partial charge is 0.274 e. The Morgan fingerprint density at radius 1 is 1.23 bits per heavy atom. The highest BCUT2D eigenvalue weighted by Crippen LogP contribution is 2.25. The van der Waals surface area contributed by atoms with E-state index in [1.54, 1.807) is 23.6 Å². The molecule has 1 aliphatic heterocycles. The second-order valence-corrected chi connectivity index (χ2v) is 7.94. The van der Waals surface area contributed by atoms with Crippen LogP contribution in [0.25, 0.3) is 0 Å². The summed E-state index contributed by atoms with van der Waals surface area (Å²) in [7, 11) is 1.62. The Labute approximate surface area is 184 Å². The highest BCUT2D eigenvalue weighted by Gasteiger charge is 2.35. The van der Waals surface area contributed by atoms with Gasteiger partial charge in [-0.2, -0.15) is 0 Å². The summed E-state index contributed by atoms with van der Waals surface area (Å²) >= 11 is 1.35. The first-order valence-corrected chi connectivity index (χ1v) is 10.9. The van der Waals surface area contributed by atoms with Gasteiger partial charge in [-0.1, -0.05) is 6.07 Å². The van der Waals surface area contributed by atoms with Crippen LogP contribution in [0.4, 0.5) is 10.8 Å². The Bertz CT molecular complexity index is 1040. The van der Waals surface area contributed by atoms with E-state index in [0.29, 0.717) is 30.3 Å². The van der Waals surface area contributed by atoms with Gasteiger partial charge in [-0.15, -0.1) is 11.3 Å². The van der Waals surface area contributed by atoms with E-state index in [1.807, 2.05) is 42.5 Å². The summed E-state index contributed by atoms with van der Waals surface area (Å²) < 4.78 is 5.16. The summed E-state index contributed by atoms with van der Waals surface area (Å²) in [6.45, 7) is 0.879. The number of methoxy groups -OCH3 is 1. The molecule has 3 heterocycles. The zero-order chi connectivity index (χ0) is 21.6. The summed E-state index contributed by atoms with van der Waals surface area (Å²) in [5.74, 6) is 0.375. The maximum Gasteiger partial charge on any atom is 0.274 e. The average molecular weight is 438 g/mol. The van der Waals surface area contributed by atoms with E-state index < -0.39 is 6.04 Å². The molecule has 1 fully saturated rings. The number of nitrogens with zero attached hydrogens (tertiary/aromatic N) is 3. The van der Waals surface area contributed by atoms with Crippen molar-refractivity contribution in [1.29, 1.82) is 0 Å². The zero-order valence-corrected chi connectivity index (χ0v) is 17.9. The molecule has 3 aromatic rings.